The van der Waals surface area contributed by atoms with Crippen molar-refractivity contribution in [1.29, 1.82) is 0 Å². The van der Waals surface area contributed by atoms with E-state index in [4.69, 9.17) is 4.74 Å². The third kappa shape index (κ3) is 3.76. The Balaban J connectivity index is 1.29. The molecule has 2 N–H and O–H groups in total. The van der Waals surface area contributed by atoms with Gasteiger partial charge in [-0.05, 0) is 38.3 Å². The van der Waals surface area contributed by atoms with E-state index >= 15 is 0 Å². The molecule has 1 aromatic carbocycles. The molecule has 2 aliphatic heterocycles. The standard InChI is InChI=1S/C23H25F3N6O3/c1-11-17-19(31(2)18(20(33)29-17)23(35-3)5-4-6-23)30-22(27-11)28-13-9-32(10-13)21(34)12-7-14(24)16(26)15(25)8-12/h7-8,13,18H,4-6,9-10H2,1-3H3,(H,29,33)(H,27,28,30). The first kappa shape index (κ1) is 23.3. The quantitative estimate of drug-likeness (QED) is 0.622. The van der Waals surface area contributed by atoms with E-state index in [-0.39, 0.29) is 30.6 Å². The van der Waals surface area contributed by atoms with Crippen LogP contribution in [0.15, 0.2) is 12.1 Å². The summed E-state index contributed by atoms with van der Waals surface area (Å²) in [5.74, 6) is -4.28. The predicted molar refractivity (Wildman–Crippen MR) is 121 cm³/mol. The van der Waals surface area contributed by atoms with Gasteiger partial charge in [-0.15, -0.1) is 0 Å². The van der Waals surface area contributed by atoms with Crippen molar-refractivity contribution in [3.05, 3.63) is 40.8 Å². The van der Waals surface area contributed by atoms with Gasteiger partial charge in [0.25, 0.3) is 5.91 Å². The van der Waals surface area contributed by atoms with Crippen LogP contribution in [0.1, 0.15) is 35.3 Å². The summed E-state index contributed by atoms with van der Waals surface area (Å²) in [6.45, 7) is 2.27. The lowest BCUT2D eigenvalue weighted by Gasteiger charge is -2.50. The number of carbonyl (C=O) groups excluding carboxylic acids is 2. The number of rotatable bonds is 5. The maximum Gasteiger partial charge on any atom is 0.254 e. The molecule has 186 valence electrons. The van der Waals surface area contributed by atoms with Gasteiger partial charge in [-0.25, -0.2) is 18.2 Å². The Morgan fingerprint density at radius 1 is 1.20 bits per heavy atom. The van der Waals surface area contributed by atoms with Crippen molar-refractivity contribution in [3.8, 4) is 0 Å². The molecule has 35 heavy (non-hydrogen) atoms. The molecular formula is C23H25F3N6O3. The molecule has 0 spiro atoms. The second-order valence-electron chi connectivity index (χ2n) is 9.26. The highest BCUT2D eigenvalue weighted by Gasteiger charge is 2.52. The molecule has 12 heteroatoms. The molecule has 0 radical (unpaired) electrons. The number of fused-ring (bicyclic) bond motifs is 1. The molecule has 2 amide bonds. The van der Waals surface area contributed by atoms with Crippen molar-refractivity contribution < 1.29 is 27.5 Å². The number of likely N-dealkylation sites (tertiary alicyclic amines) is 1. The van der Waals surface area contributed by atoms with Crippen molar-refractivity contribution in [1.82, 2.24) is 14.9 Å². The molecule has 1 aliphatic carbocycles. The number of nitrogens with zero attached hydrogens (tertiary/aromatic N) is 4. The number of hydrogen-bond acceptors (Lipinski definition) is 7. The molecule has 2 fully saturated rings. The first-order valence-electron chi connectivity index (χ1n) is 11.3. The van der Waals surface area contributed by atoms with Crippen LogP contribution in [0.25, 0.3) is 0 Å². The molecule has 1 aromatic heterocycles. The summed E-state index contributed by atoms with van der Waals surface area (Å²) in [5.41, 5.74) is 0.306. The molecule has 9 nitrogen and oxygen atoms in total. The van der Waals surface area contributed by atoms with Crippen molar-refractivity contribution in [2.45, 2.75) is 43.9 Å². The van der Waals surface area contributed by atoms with E-state index < -0.39 is 35.0 Å². The molecule has 3 aliphatic rings. The van der Waals surface area contributed by atoms with Gasteiger partial charge in [-0.2, -0.15) is 4.98 Å². The molecule has 1 unspecified atom stereocenters. The third-order valence-electron chi connectivity index (χ3n) is 7.13. The average molecular weight is 490 g/mol. The summed E-state index contributed by atoms with van der Waals surface area (Å²) in [4.78, 5) is 37.7. The Hall–Kier alpha value is -3.41. The Kier molecular flexibility index (Phi) is 5.58. The lowest BCUT2D eigenvalue weighted by molar-refractivity contribution is -0.135. The van der Waals surface area contributed by atoms with E-state index in [1.807, 2.05) is 11.9 Å². The monoisotopic (exact) mass is 490 g/mol. The number of benzene rings is 1. The summed E-state index contributed by atoms with van der Waals surface area (Å²) in [6.07, 6.45) is 2.55. The predicted octanol–water partition coefficient (Wildman–Crippen LogP) is 2.46. The van der Waals surface area contributed by atoms with E-state index in [0.29, 0.717) is 35.3 Å². The Bertz CT molecular complexity index is 1190. The maximum atomic E-state index is 13.5. The van der Waals surface area contributed by atoms with Crippen LogP contribution in [0.3, 0.4) is 0 Å². The SMILES string of the molecule is COC1(C2C(=O)Nc3c(C)nc(NC4CN(C(=O)c5cc(F)c(F)c(F)c5)C4)nc3N2C)CCC1. The minimum Gasteiger partial charge on any atom is -0.376 e. The van der Waals surface area contributed by atoms with Crippen LogP contribution in [-0.4, -0.2) is 71.6 Å². The maximum absolute atomic E-state index is 13.5. The number of anilines is 3. The molecule has 5 rings (SSSR count). The number of aromatic nitrogens is 2. The molecule has 2 aromatic rings. The number of aryl methyl sites for hydroxylation is 1. The highest BCUT2D eigenvalue weighted by molar-refractivity contribution is 6.04. The topological polar surface area (TPSA) is 99.7 Å². The highest BCUT2D eigenvalue weighted by atomic mass is 19.2. The summed E-state index contributed by atoms with van der Waals surface area (Å²) in [6, 6.07) is 0.659. The van der Waals surface area contributed by atoms with E-state index in [1.165, 1.54) is 4.90 Å². The van der Waals surface area contributed by atoms with Crippen LogP contribution in [0.4, 0.5) is 30.6 Å². The zero-order chi connectivity index (χ0) is 25.1. The van der Waals surface area contributed by atoms with Crippen molar-refractivity contribution >= 4 is 29.3 Å². The number of hydrogen-bond donors (Lipinski definition) is 2. The summed E-state index contributed by atoms with van der Waals surface area (Å²) in [5, 5.41) is 6.09. The lowest BCUT2D eigenvalue weighted by Crippen LogP contribution is -2.64. The van der Waals surface area contributed by atoms with Crippen LogP contribution in [0.5, 0.6) is 0 Å². The van der Waals surface area contributed by atoms with E-state index in [2.05, 4.69) is 20.6 Å². The molecular weight excluding hydrogens is 465 g/mol. The van der Waals surface area contributed by atoms with Crippen molar-refractivity contribution in [2.24, 2.45) is 0 Å². The number of nitrogens with one attached hydrogen (secondary N) is 2. The largest absolute Gasteiger partial charge is 0.376 e. The number of halogens is 3. The van der Waals surface area contributed by atoms with Crippen LogP contribution in [-0.2, 0) is 9.53 Å². The summed E-state index contributed by atoms with van der Waals surface area (Å²) < 4.78 is 45.9. The van der Waals surface area contributed by atoms with Gasteiger partial charge in [0.1, 0.15) is 11.7 Å². The summed E-state index contributed by atoms with van der Waals surface area (Å²) in [7, 11) is 3.43. The smallest absolute Gasteiger partial charge is 0.254 e. The summed E-state index contributed by atoms with van der Waals surface area (Å²) >= 11 is 0. The van der Waals surface area contributed by atoms with Crippen LogP contribution >= 0.6 is 0 Å². The van der Waals surface area contributed by atoms with Gasteiger partial charge in [0, 0.05) is 32.8 Å². The fourth-order valence-corrected chi connectivity index (χ4v) is 5.00. The Morgan fingerprint density at radius 2 is 1.86 bits per heavy atom. The van der Waals surface area contributed by atoms with Crippen molar-refractivity contribution in [2.75, 3.05) is 42.8 Å². The lowest BCUT2D eigenvalue weighted by atomic mass is 9.73. The number of methoxy groups -OCH3 is 1. The minimum atomic E-state index is -1.61. The normalized spacial score (nSPS) is 21.1. The average Bonchev–Trinajstić information content (AvgIpc) is 2.76. The van der Waals surface area contributed by atoms with Crippen LogP contribution < -0.4 is 15.5 Å². The Labute approximate surface area is 199 Å². The first-order valence-corrected chi connectivity index (χ1v) is 11.3. The van der Waals surface area contributed by atoms with Crippen LogP contribution in [0, 0.1) is 24.4 Å². The van der Waals surface area contributed by atoms with Crippen LogP contribution in [0.2, 0.25) is 0 Å². The number of likely N-dealkylation sites (N-methyl/N-ethyl adjacent to an activating group) is 1. The van der Waals surface area contributed by atoms with E-state index in [0.717, 1.165) is 19.3 Å². The van der Waals surface area contributed by atoms with Gasteiger partial charge in [0.15, 0.2) is 23.3 Å². The zero-order valence-electron chi connectivity index (χ0n) is 19.5. The van der Waals surface area contributed by atoms with Gasteiger partial charge in [-0.3, -0.25) is 9.59 Å². The van der Waals surface area contributed by atoms with Crippen molar-refractivity contribution in [3.63, 3.8) is 0 Å². The second kappa shape index (κ2) is 8.36. The van der Waals surface area contributed by atoms with E-state index in [1.54, 1.807) is 14.0 Å². The molecule has 1 saturated heterocycles. The Morgan fingerprint density at radius 3 is 2.43 bits per heavy atom. The van der Waals surface area contributed by atoms with Gasteiger partial charge in [0.05, 0.1) is 17.3 Å². The molecule has 1 saturated carbocycles. The third-order valence-corrected chi connectivity index (χ3v) is 7.13. The number of ether oxygens (including phenoxy) is 1. The number of carbonyl (C=O) groups is 2. The minimum absolute atomic E-state index is 0.157. The van der Waals surface area contributed by atoms with Gasteiger partial charge in [0.2, 0.25) is 11.9 Å². The first-order chi connectivity index (χ1) is 16.6. The fraction of sp³-hybridized carbons (Fsp3) is 0.478. The van der Waals surface area contributed by atoms with E-state index in [9.17, 15) is 22.8 Å². The fourth-order valence-electron chi connectivity index (χ4n) is 5.00. The zero-order valence-corrected chi connectivity index (χ0v) is 19.5. The van der Waals surface area contributed by atoms with Gasteiger partial charge >= 0.3 is 0 Å². The van der Waals surface area contributed by atoms with Gasteiger partial charge < -0.3 is 25.2 Å². The second-order valence-corrected chi connectivity index (χ2v) is 9.26. The highest BCUT2D eigenvalue weighted by Crippen LogP contribution is 2.44. The molecule has 0 bridgehead atoms. The molecule has 3 heterocycles. The number of amides is 2. The molecule has 1 atom stereocenters. The van der Waals surface area contributed by atoms with Gasteiger partial charge in [-0.1, -0.05) is 0 Å².